The van der Waals surface area contributed by atoms with Gasteiger partial charge in [-0.3, -0.25) is 4.79 Å². The monoisotopic (exact) mass is 225 g/mol. The van der Waals surface area contributed by atoms with Gasteiger partial charge in [-0.15, -0.1) is 0 Å². The molecule has 0 heterocycles. The second-order valence-corrected chi connectivity index (χ2v) is 4.03. The van der Waals surface area contributed by atoms with Gasteiger partial charge in [0.2, 0.25) is 0 Å². The Bertz CT molecular complexity index is 349. The van der Waals surface area contributed by atoms with E-state index in [4.69, 9.17) is 5.11 Å². The minimum atomic E-state index is -0.867. The lowest BCUT2D eigenvalue weighted by Crippen LogP contribution is -2.20. The highest BCUT2D eigenvalue weighted by atomic mass is 19.1. The first-order chi connectivity index (χ1) is 7.50. The normalized spacial score (nSPS) is 12.8. The number of nitrogens with zero attached hydrogens (tertiary/aromatic N) is 1. The molecular weight excluding hydrogens is 209 g/mol. The van der Waals surface area contributed by atoms with Crippen molar-refractivity contribution in [3.8, 4) is 0 Å². The highest BCUT2D eigenvalue weighted by Gasteiger charge is 2.19. The SMILES string of the molecule is CN(C)CCC(C(=O)O)c1ccc(F)cc1. The summed E-state index contributed by atoms with van der Waals surface area (Å²) in [4.78, 5) is 13.0. The number of hydrogen-bond acceptors (Lipinski definition) is 2. The van der Waals surface area contributed by atoms with E-state index in [1.807, 2.05) is 19.0 Å². The van der Waals surface area contributed by atoms with Crippen LogP contribution in [0.2, 0.25) is 0 Å². The zero-order chi connectivity index (χ0) is 12.1. The Hall–Kier alpha value is -1.42. The number of halogens is 1. The summed E-state index contributed by atoms with van der Waals surface area (Å²) >= 11 is 0. The van der Waals surface area contributed by atoms with Gasteiger partial charge in [0.05, 0.1) is 5.92 Å². The first kappa shape index (κ1) is 12.6. The van der Waals surface area contributed by atoms with Crippen molar-refractivity contribution < 1.29 is 14.3 Å². The molecule has 88 valence electrons. The van der Waals surface area contributed by atoms with Gasteiger partial charge < -0.3 is 10.0 Å². The Kier molecular flexibility index (Phi) is 4.43. The van der Waals surface area contributed by atoms with Gasteiger partial charge in [-0.2, -0.15) is 0 Å². The second-order valence-electron chi connectivity index (χ2n) is 4.03. The molecular formula is C12H16FNO2. The maximum atomic E-state index is 12.7. The summed E-state index contributed by atoms with van der Waals surface area (Å²) in [6, 6.07) is 5.65. The van der Waals surface area contributed by atoms with Gasteiger partial charge >= 0.3 is 5.97 Å². The standard InChI is InChI=1S/C12H16FNO2/c1-14(2)8-7-11(12(15)16)9-3-5-10(13)6-4-9/h3-6,11H,7-8H2,1-2H3,(H,15,16). The highest BCUT2D eigenvalue weighted by Crippen LogP contribution is 2.20. The molecule has 0 radical (unpaired) electrons. The predicted molar refractivity (Wildman–Crippen MR) is 59.9 cm³/mol. The smallest absolute Gasteiger partial charge is 0.311 e. The van der Waals surface area contributed by atoms with Crippen LogP contribution in [0.3, 0.4) is 0 Å². The summed E-state index contributed by atoms with van der Waals surface area (Å²) in [6.07, 6.45) is 0.522. The van der Waals surface area contributed by atoms with Crippen molar-refractivity contribution in [2.45, 2.75) is 12.3 Å². The zero-order valence-electron chi connectivity index (χ0n) is 9.48. The minimum Gasteiger partial charge on any atom is -0.481 e. The zero-order valence-corrected chi connectivity index (χ0v) is 9.48. The van der Waals surface area contributed by atoms with Crippen LogP contribution in [-0.4, -0.2) is 36.6 Å². The van der Waals surface area contributed by atoms with Gasteiger partial charge in [-0.25, -0.2) is 4.39 Å². The fraction of sp³-hybridized carbons (Fsp3) is 0.417. The molecule has 1 atom stereocenters. The summed E-state index contributed by atoms with van der Waals surface area (Å²) in [5, 5.41) is 9.10. The van der Waals surface area contributed by atoms with Crippen LogP contribution >= 0.6 is 0 Å². The van der Waals surface area contributed by atoms with E-state index in [0.29, 0.717) is 18.5 Å². The van der Waals surface area contributed by atoms with Gasteiger partial charge in [0.25, 0.3) is 0 Å². The van der Waals surface area contributed by atoms with Crippen LogP contribution in [0.15, 0.2) is 24.3 Å². The minimum absolute atomic E-state index is 0.347. The molecule has 0 spiro atoms. The van der Waals surface area contributed by atoms with E-state index in [0.717, 1.165) is 0 Å². The van der Waals surface area contributed by atoms with Crippen LogP contribution in [-0.2, 0) is 4.79 Å². The molecule has 0 amide bonds. The van der Waals surface area contributed by atoms with Crippen LogP contribution in [0.1, 0.15) is 17.9 Å². The fourth-order valence-electron chi connectivity index (χ4n) is 1.52. The fourth-order valence-corrected chi connectivity index (χ4v) is 1.52. The topological polar surface area (TPSA) is 40.5 Å². The van der Waals surface area contributed by atoms with Gasteiger partial charge in [0, 0.05) is 0 Å². The number of carboxylic acids is 1. The quantitative estimate of drug-likeness (QED) is 0.832. The molecule has 1 aromatic carbocycles. The van der Waals surface area contributed by atoms with Crippen molar-refractivity contribution in [2.24, 2.45) is 0 Å². The van der Waals surface area contributed by atoms with Gasteiger partial charge in [0.1, 0.15) is 5.82 Å². The summed E-state index contributed by atoms with van der Waals surface area (Å²) < 4.78 is 12.7. The number of carboxylic acid groups (broad SMARTS) is 1. The van der Waals surface area contributed by atoms with Gasteiger partial charge in [-0.05, 0) is 44.8 Å². The maximum Gasteiger partial charge on any atom is 0.311 e. The average Bonchev–Trinajstić information content (AvgIpc) is 2.20. The van der Waals surface area contributed by atoms with Crippen molar-refractivity contribution in [3.05, 3.63) is 35.6 Å². The van der Waals surface area contributed by atoms with Gasteiger partial charge in [0.15, 0.2) is 0 Å². The van der Waals surface area contributed by atoms with E-state index in [1.54, 1.807) is 0 Å². The molecule has 0 saturated carbocycles. The van der Waals surface area contributed by atoms with Crippen molar-refractivity contribution in [3.63, 3.8) is 0 Å². The number of carbonyl (C=O) groups is 1. The lowest BCUT2D eigenvalue weighted by atomic mass is 9.96. The number of rotatable bonds is 5. The number of hydrogen-bond donors (Lipinski definition) is 1. The third-order valence-corrected chi connectivity index (χ3v) is 2.44. The average molecular weight is 225 g/mol. The molecule has 1 rings (SSSR count). The van der Waals surface area contributed by atoms with Crippen molar-refractivity contribution >= 4 is 5.97 Å². The summed E-state index contributed by atoms with van der Waals surface area (Å²) in [5.41, 5.74) is 0.649. The molecule has 16 heavy (non-hydrogen) atoms. The molecule has 0 fully saturated rings. The van der Waals surface area contributed by atoms with Crippen LogP contribution < -0.4 is 0 Å². The third-order valence-electron chi connectivity index (χ3n) is 2.44. The molecule has 0 aliphatic rings. The molecule has 1 aromatic rings. The predicted octanol–water partition coefficient (Wildman–Crippen LogP) is 1.95. The van der Waals surface area contributed by atoms with E-state index >= 15 is 0 Å². The molecule has 0 aliphatic carbocycles. The largest absolute Gasteiger partial charge is 0.481 e. The van der Waals surface area contributed by atoms with Crippen LogP contribution in [0.25, 0.3) is 0 Å². The van der Waals surface area contributed by atoms with E-state index < -0.39 is 11.9 Å². The van der Waals surface area contributed by atoms with E-state index in [9.17, 15) is 9.18 Å². The van der Waals surface area contributed by atoms with Crippen LogP contribution in [0, 0.1) is 5.82 Å². The lowest BCUT2D eigenvalue weighted by molar-refractivity contribution is -0.139. The van der Waals surface area contributed by atoms with Crippen molar-refractivity contribution in [1.82, 2.24) is 4.90 Å². The Balaban J connectivity index is 2.77. The molecule has 3 nitrogen and oxygen atoms in total. The molecule has 1 N–H and O–H groups in total. The van der Waals surface area contributed by atoms with Crippen LogP contribution in [0.5, 0.6) is 0 Å². The molecule has 0 aromatic heterocycles. The van der Waals surface area contributed by atoms with Gasteiger partial charge in [-0.1, -0.05) is 12.1 Å². The Morgan fingerprint density at radius 1 is 1.38 bits per heavy atom. The Labute approximate surface area is 94.5 Å². The molecule has 0 saturated heterocycles. The molecule has 1 unspecified atom stereocenters. The highest BCUT2D eigenvalue weighted by molar-refractivity contribution is 5.76. The van der Waals surface area contributed by atoms with E-state index in [-0.39, 0.29) is 5.82 Å². The second kappa shape index (κ2) is 5.61. The maximum absolute atomic E-state index is 12.7. The summed E-state index contributed by atoms with van der Waals surface area (Å²) in [7, 11) is 3.78. The van der Waals surface area contributed by atoms with E-state index in [1.165, 1.54) is 24.3 Å². The summed E-state index contributed by atoms with van der Waals surface area (Å²) in [5.74, 6) is -1.78. The first-order valence-corrected chi connectivity index (χ1v) is 5.13. The Morgan fingerprint density at radius 3 is 2.38 bits per heavy atom. The van der Waals surface area contributed by atoms with Crippen molar-refractivity contribution in [1.29, 1.82) is 0 Å². The lowest BCUT2D eigenvalue weighted by Gasteiger charge is -2.15. The summed E-state index contributed by atoms with van der Waals surface area (Å²) in [6.45, 7) is 0.689. The van der Waals surface area contributed by atoms with Crippen molar-refractivity contribution in [2.75, 3.05) is 20.6 Å². The van der Waals surface area contributed by atoms with Crippen LogP contribution in [0.4, 0.5) is 4.39 Å². The molecule has 4 heteroatoms. The number of benzene rings is 1. The third kappa shape index (κ3) is 3.62. The van der Waals surface area contributed by atoms with E-state index in [2.05, 4.69) is 0 Å². The molecule has 0 bridgehead atoms. The molecule has 0 aliphatic heterocycles. The number of aliphatic carboxylic acids is 1. The Morgan fingerprint density at radius 2 is 1.94 bits per heavy atom. The first-order valence-electron chi connectivity index (χ1n) is 5.13.